The Labute approximate surface area is 193 Å². The van der Waals surface area contributed by atoms with E-state index in [2.05, 4.69) is 10.6 Å². The predicted molar refractivity (Wildman–Crippen MR) is 118 cm³/mol. The van der Waals surface area contributed by atoms with Crippen LogP contribution in [0.3, 0.4) is 0 Å². The number of nitrogens with one attached hydrogen (secondary N) is 2. The topological polar surface area (TPSA) is 123 Å². The van der Waals surface area contributed by atoms with Crippen molar-refractivity contribution >= 4 is 17.8 Å². The number of amides is 2. The van der Waals surface area contributed by atoms with Gasteiger partial charge in [-0.1, -0.05) is 6.07 Å². The number of hydrogen-bond donors (Lipinski definition) is 3. The number of carbonyl (C=O) groups is 3. The van der Waals surface area contributed by atoms with Gasteiger partial charge in [0, 0.05) is 19.5 Å². The summed E-state index contributed by atoms with van der Waals surface area (Å²) in [4.78, 5) is 38.8. The van der Waals surface area contributed by atoms with Gasteiger partial charge in [0.2, 0.25) is 11.8 Å². The van der Waals surface area contributed by atoms with Crippen molar-refractivity contribution < 1.29 is 23.9 Å². The average molecular weight is 459 g/mol. The average Bonchev–Trinajstić information content (AvgIpc) is 2.82. The summed E-state index contributed by atoms with van der Waals surface area (Å²) in [6.07, 6.45) is 4.39. The number of halogens is 1. The predicted octanol–water partition coefficient (Wildman–Crippen LogP) is 2.35. The van der Waals surface area contributed by atoms with E-state index in [1.165, 1.54) is 12.1 Å². The minimum absolute atomic E-state index is 0.0577. The van der Waals surface area contributed by atoms with Gasteiger partial charge in [-0.25, -0.2) is 4.39 Å². The molecule has 8 nitrogen and oxygen atoms in total. The van der Waals surface area contributed by atoms with E-state index in [1.54, 1.807) is 11.0 Å². The molecule has 9 heteroatoms. The van der Waals surface area contributed by atoms with Gasteiger partial charge < -0.3 is 20.6 Å². The monoisotopic (exact) mass is 458 g/mol. The zero-order chi connectivity index (χ0) is 23.8. The molecule has 0 bridgehead atoms. The molecule has 2 fully saturated rings. The molecule has 2 aliphatic rings. The van der Waals surface area contributed by atoms with Crippen LogP contribution in [0.1, 0.15) is 62.1 Å². The number of carboxylic acid groups (broad SMARTS) is 1. The molecule has 3 N–H and O–H groups in total. The summed E-state index contributed by atoms with van der Waals surface area (Å²) in [6, 6.07) is 4.61. The lowest BCUT2D eigenvalue weighted by Crippen LogP contribution is -2.46. The maximum absolute atomic E-state index is 14.1. The van der Waals surface area contributed by atoms with E-state index in [9.17, 15) is 23.9 Å². The maximum Gasteiger partial charge on any atom is 0.305 e. The third-order valence-corrected chi connectivity index (χ3v) is 6.58. The van der Waals surface area contributed by atoms with Crippen molar-refractivity contribution in [2.75, 3.05) is 26.2 Å². The molecule has 0 radical (unpaired) electrons. The molecule has 1 aromatic rings. The van der Waals surface area contributed by atoms with Crippen molar-refractivity contribution in [3.63, 3.8) is 0 Å². The van der Waals surface area contributed by atoms with Gasteiger partial charge in [0.25, 0.3) is 0 Å². The highest BCUT2D eigenvalue weighted by Gasteiger charge is 2.30. The van der Waals surface area contributed by atoms with Crippen molar-refractivity contribution in [1.82, 2.24) is 15.5 Å². The molecule has 2 heterocycles. The first-order valence-corrected chi connectivity index (χ1v) is 11.6. The first kappa shape index (κ1) is 24.6. The number of aliphatic carboxylic acids is 1. The van der Waals surface area contributed by atoms with Crippen molar-refractivity contribution in [3.8, 4) is 6.07 Å². The zero-order valence-corrected chi connectivity index (χ0v) is 18.7. The molecule has 3 rings (SSSR count). The minimum Gasteiger partial charge on any atom is -0.481 e. The number of benzene rings is 1. The van der Waals surface area contributed by atoms with Crippen LogP contribution in [0.15, 0.2) is 18.2 Å². The van der Waals surface area contributed by atoms with Crippen molar-refractivity contribution in [3.05, 3.63) is 35.1 Å². The van der Waals surface area contributed by atoms with E-state index in [0.29, 0.717) is 38.3 Å². The second-order valence-corrected chi connectivity index (χ2v) is 8.92. The molecule has 0 saturated carbocycles. The smallest absolute Gasteiger partial charge is 0.305 e. The molecule has 2 saturated heterocycles. The van der Waals surface area contributed by atoms with Crippen LogP contribution in [0, 0.1) is 29.0 Å². The van der Waals surface area contributed by atoms with Crippen molar-refractivity contribution in [1.29, 1.82) is 5.26 Å². The Morgan fingerprint density at radius 1 is 1.27 bits per heavy atom. The molecule has 1 aromatic carbocycles. The third kappa shape index (κ3) is 6.99. The normalized spacial score (nSPS) is 20.0. The summed E-state index contributed by atoms with van der Waals surface area (Å²) < 4.78 is 14.1. The maximum atomic E-state index is 14.1. The Morgan fingerprint density at radius 3 is 2.70 bits per heavy atom. The molecule has 0 aromatic heterocycles. The number of hydrogen-bond acceptors (Lipinski definition) is 5. The first-order chi connectivity index (χ1) is 15.9. The van der Waals surface area contributed by atoms with Gasteiger partial charge in [-0.15, -0.1) is 0 Å². The van der Waals surface area contributed by atoms with Crippen molar-refractivity contribution in [2.45, 2.75) is 51.0 Å². The van der Waals surface area contributed by atoms with Gasteiger partial charge in [0.1, 0.15) is 11.9 Å². The molecule has 2 amide bonds. The summed E-state index contributed by atoms with van der Waals surface area (Å²) in [5.41, 5.74) is 0.137. The summed E-state index contributed by atoms with van der Waals surface area (Å²) in [6.45, 7) is 2.91. The zero-order valence-electron chi connectivity index (χ0n) is 18.7. The summed E-state index contributed by atoms with van der Waals surface area (Å²) in [5.74, 6) is -2.07. The highest BCUT2D eigenvalue weighted by atomic mass is 19.1. The second-order valence-electron chi connectivity index (χ2n) is 8.92. The molecule has 2 aliphatic heterocycles. The number of rotatable bonds is 8. The Balaban J connectivity index is 1.59. The van der Waals surface area contributed by atoms with Crippen LogP contribution in [-0.4, -0.2) is 54.0 Å². The molecule has 2 atom stereocenters. The van der Waals surface area contributed by atoms with Crippen LogP contribution < -0.4 is 10.6 Å². The standard InChI is InChI=1S/C24H31FN4O4/c25-20-12-17(4-5-18(20)14-26)21(13-23(31)32)28-24(33)19-2-1-11-29(15-19)22(30)6-3-16-7-9-27-10-8-16/h4-5,12,16,19,21,27H,1-3,6-11,13,15H2,(H,28,33)(H,31,32)/t19-,21?/m1/s1. The van der Waals surface area contributed by atoms with E-state index in [1.807, 2.05) is 0 Å². The fourth-order valence-corrected chi connectivity index (χ4v) is 4.63. The van der Waals surface area contributed by atoms with Crippen molar-refractivity contribution in [2.24, 2.45) is 11.8 Å². The highest BCUT2D eigenvalue weighted by molar-refractivity contribution is 5.82. The SMILES string of the molecule is N#Cc1ccc(C(CC(=O)O)NC(=O)[C@@H]2CCCN(C(=O)CCC3CCNCC3)C2)cc1F. The van der Waals surface area contributed by atoms with Crippen LogP contribution in [0.2, 0.25) is 0 Å². The van der Waals surface area contributed by atoms with E-state index in [-0.39, 0.29) is 22.9 Å². The fourth-order valence-electron chi connectivity index (χ4n) is 4.63. The molecule has 0 spiro atoms. The van der Waals surface area contributed by atoms with E-state index < -0.39 is 30.2 Å². The number of piperidine rings is 2. The van der Waals surface area contributed by atoms with Crippen LogP contribution in [0.25, 0.3) is 0 Å². The van der Waals surface area contributed by atoms with Gasteiger partial charge in [-0.3, -0.25) is 14.4 Å². The number of carbonyl (C=O) groups excluding carboxylic acids is 2. The number of nitrogens with zero attached hydrogens (tertiary/aromatic N) is 2. The number of nitriles is 1. The molecule has 178 valence electrons. The molecule has 33 heavy (non-hydrogen) atoms. The molecular formula is C24H31FN4O4. The van der Waals surface area contributed by atoms with Crippen LogP contribution in [0.4, 0.5) is 4.39 Å². The summed E-state index contributed by atoms with van der Waals surface area (Å²) >= 11 is 0. The van der Waals surface area contributed by atoms with Gasteiger partial charge in [-0.05, 0) is 68.8 Å². The lowest BCUT2D eigenvalue weighted by molar-refractivity contribution is -0.138. The fraction of sp³-hybridized carbons (Fsp3) is 0.583. The Kier molecular flexibility index (Phi) is 8.78. The number of likely N-dealkylation sites (tertiary alicyclic amines) is 1. The lowest BCUT2D eigenvalue weighted by Gasteiger charge is -2.33. The Morgan fingerprint density at radius 2 is 2.03 bits per heavy atom. The van der Waals surface area contributed by atoms with Gasteiger partial charge in [0.15, 0.2) is 0 Å². The lowest BCUT2D eigenvalue weighted by atomic mass is 9.92. The quantitative estimate of drug-likeness (QED) is 0.550. The van der Waals surface area contributed by atoms with Crippen LogP contribution in [0.5, 0.6) is 0 Å². The van der Waals surface area contributed by atoms with Gasteiger partial charge in [0.05, 0.1) is 23.9 Å². The Hall–Kier alpha value is -2.99. The second kappa shape index (κ2) is 11.8. The van der Waals surface area contributed by atoms with Crippen LogP contribution >= 0.6 is 0 Å². The molecular weight excluding hydrogens is 427 g/mol. The van der Waals surface area contributed by atoms with E-state index >= 15 is 0 Å². The summed E-state index contributed by atoms with van der Waals surface area (Å²) in [7, 11) is 0. The minimum atomic E-state index is -1.14. The van der Waals surface area contributed by atoms with Crippen LogP contribution in [-0.2, 0) is 14.4 Å². The third-order valence-electron chi connectivity index (χ3n) is 6.58. The summed E-state index contributed by atoms with van der Waals surface area (Å²) in [5, 5.41) is 24.2. The number of carboxylic acids is 1. The first-order valence-electron chi connectivity index (χ1n) is 11.6. The van der Waals surface area contributed by atoms with E-state index in [0.717, 1.165) is 38.4 Å². The molecule has 0 aliphatic carbocycles. The highest BCUT2D eigenvalue weighted by Crippen LogP contribution is 2.24. The largest absolute Gasteiger partial charge is 0.481 e. The van der Waals surface area contributed by atoms with Gasteiger partial charge in [-0.2, -0.15) is 5.26 Å². The Bertz CT molecular complexity index is 910. The van der Waals surface area contributed by atoms with Gasteiger partial charge >= 0.3 is 5.97 Å². The molecule has 1 unspecified atom stereocenters. The van der Waals surface area contributed by atoms with E-state index in [4.69, 9.17) is 5.26 Å².